The Hall–Kier alpha value is -1.39. The molecule has 0 bridgehead atoms. The third-order valence-corrected chi connectivity index (χ3v) is 3.98. The Morgan fingerprint density at radius 3 is 3.32 bits per heavy atom. The number of hydrogen-bond acceptors (Lipinski definition) is 3. The van der Waals surface area contributed by atoms with Crippen molar-refractivity contribution < 1.29 is 4.74 Å². The van der Waals surface area contributed by atoms with Crippen molar-refractivity contribution >= 4 is 5.52 Å². The van der Waals surface area contributed by atoms with Crippen LogP contribution in [0.5, 0.6) is 0 Å². The van der Waals surface area contributed by atoms with Crippen molar-refractivity contribution in [1.29, 1.82) is 0 Å². The average molecular weight is 259 g/mol. The van der Waals surface area contributed by atoms with Crippen LogP contribution in [0.4, 0.5) is 0 Å². The predicted octanol–water partition coefficient (Wildman–Crippen LogP) is 2.24. The summed E-state index contributed by atoms with van der Waals surface area (Å²) in [5.74, 6) is 0.659. The van der Waals surface area contributed by atoms with Crippen molar-refractivity contribution in [2.24, 2.45) is 5.92 Å². The van der Waals surface area contributed by atoms with Gasteiger partial charge in [0.15, 0.2) is 0 Å². The van der Waals surface area contributed by atoms with Crippen molar-refractivity contribution in [3.63, 3.8) is 0 Å². The number of aromatic nitrogens is 2. The van der Waals surface area contributed by atoms with Crippen LogP contribution in [0.1, 0.15) is 25.3 Å². The molecule has 0 amide bonds. The van der Waals surface area contributed by atoms with Crippen molar-refractivity contribution in [3.05, 3.63) is 36.2 Å². The minimum atomic E-state index is 0.441. The van der Waals surface area contributed by atoms with E-state index >= 15 is 0 Å². The molecule has 1 N–H and O–H groups in total. The van der Waals surface area contributed by atoms with Gasteiger partial charge in [-0.25, -0.2) is 4.52 Å². The Bertz CT molecular complexity index is 537. The zero-order valence-corrected chi connectivity index (χ0v) is 11.4. The first-order chi connectivity index (χ1) is 9.38. The second-order valence-electron chi connectivity index (χ2n) is 5.20. The lowest BCUT2D eigenvalue weighted by Gasteiger charge is -2.17. The van der Waals surface area contributed by atoms with Gasteiger partial charge in [0.2, 0.25) is 0 Å². The van der Waals surface area contributed by atoms with Crippen molar-refractivity contribution in [1.82, 2.24) is 14.9 Å². The normalized spacial score (nSPS) is 23.2. The van der Waals surface area contributed by atoms with E-state index in [1.165, 1.54) is 17.5 Å². The summed E-state index contributed by atoms with van der Waals surface area (Å²) in [6.07, 6.45) is 6.67. The minimum absolute atomic E-state index is 0.441. The van der Waals surface area contributed by atoms with Crippen LogP contribution in [0.2, 0.25) is 0 Å². The monoisotopic (exact) mass is 259 g/mol. The summed E-state index contributed by atoms with van der Waals surface area (Å²) < 4.78 is 7.64. The van der Waals surface area contributed by atoms with Gasteiger partial charge < -0.3 is 10.1 Å². The van der Waals surface area contributed by atoms with Gasteiger partial charge in [0, 0.05) is 31.5 Å². The van der Waals surface area contributed by atoms with E-state index < -0.39 is 0 Å². The molecule has 19 heavy (non-hydrogen) atoms. The third-order valence-electron chi connectivity index (χ3n) is 3.98. The van der Waals surface area contributed by atoms with Gasteiger partial charge in [-0.3, -0.25) is 0 Å². The number of ether oxygens (including phenoxy) is 1. The fourth-order valence-corrected chi connectivity index (χ4v) is 2.89. The average Bonchev–Trinajstić information content (AvgIpc) is 3.06. The minimum Gasteiger partial charge on any atom is -0.378 e. The molecule has 4 nitrogen and oxygen atoms in total. The van der Waals surface area contributed by atoms with E-state index in [4.69, 9.17) is 4.74 Å². The second-order valence-corrected chi connectivity index (χ2v) is 5.20. The first kappa shape index (κ1) is 12.6. The van der Waals surface area contributed by atoms with Crippen LogP contribution in [0.15, 0.2) is 30.6 Å². The number of pyridine rings is 1. The van der Waals surface area contributed by atoms with Crippen LogP contribution < -0.4 is 5.32 Å². The highest BCUT2D eigenvalue weighted by Gasteiger charge is 2.25. The molecule has 2 aromatic rings. The van der Waals surface area contributed by atoms with E-state index in [2.05, 4.69) is 29.5 Å². The van der Waals surface area contributed by atoms with Crippen LogP contribution in [0, 0.1) is 5.92 Å². The highest BCUT2D eigenvalue weighted by atomic mass is 16.5. The Morgan fingerprint density at radius 2 is 2.42 bits per heavy atom. The molecule has 1 fully saturated rings. The molecule has 0 saturated carbocycles. The molecule has 0 aromatic carbocycles. The number of fused-ring (bicyclic) bond motifs is 1. The highest BCUT2D eigenvalue weighted by molar-refractivity contribution is 5.53. The highest BCUT2D eigenvalue weighted by Crippen LogP contribution is 2.22. The molecule has 2 atom stereocenters. The van der Waals surface area contributed by atoms with Crippen LogP contribution in [-0.4, -0.2) is 28.9 Å². The van der Waals surface area contributed by atoms with E-state index in [1.807, 2.05) is 23.0 Å². The molecule has 1 saturated heterocycles. The van der Waals surface area contributed by atoms with Crippen molar-refractivity contribution in [3.8, 4) is 0 Å². The van der Waals surface area contributed by atoms with E-state index in [0.717, 1.165) is 26.1 Å². The summed E-state index contributed by atoms with van der Waals surface area (Å²) in [5.41, 5.74) is 2.44. The summed E-state index contributed by atoms with van der Waals surface area (Å²) in [4.78, 5) is 0. The maximum absolute atomic E-state index is 5.72. The smallest absolute Gasteiger partial charge is 0.0706 e. The lowest BCUT2D eigenvalue weighted by molar-refractivity contribution is 0.0872. The summed E-state index contributed by atoms with van der Waals surface area (Å²) in [6, 6.07) is 6.16. The van der Waals surface area contributed by atoms with Crippen LogP contribution in [0.3, 0.4) is 0 Å². The Labute approximate surface area is 113 Å². The van der Waals surface area contributed by atoms with Gasteiger partial charge in [-0.1, -0.05) is 13.0 Å². The second kappa shape index (κ2) is 5.72. The molecule has 2 unspecified atom stereocenters. The summed E-state index contributed by atoms with van der Waals surface area (Å²) in [6.45, 7) is 5.03. The van der Waals surface area contributed by atoms with Crippen LogP contribution in [0.25, 0.3) is 5.52 Å². The van der Waals surface area contributed by atoms with Gasteiger partial charge in [-0.2, -0.15) is 5.10 Å². The Kier molecular flexibility index (Phi) is 3.80. The molecule has 4 heteroatoms. The van der Waals surface area contributed by atoms with Gasteiger partial charge in [-0.15, -0.1) is 0 Å². The number of nitrogens with one attached hydrogen (secondary N) is 1. The molecule has 3 rings (SSSR count). The lowest BCUT2D eigenvalue weighted by Crippen LogP contribution is -2.27. The van der Waals surface area contributed by atoms with Crippen molar-refractivity contribution in [2.75, 3.05) is 13.2 Å². The van der Waals surface area contributed by atoms with Gasteiger partial charge in [0.25, 0.3) is 0 Å². The topological polar surface area (TPSA) is 38.6 Å². The lowest BCUT2D eigenvalue weighted by atomic mass is 10.00. The summed E-state index contributed by atoms with van der Waals surface area (Å²) >= 11 is 0. The third kappa shape index (κ3) is 2.65. The predicted molar refractivity (Wildman–Crippen MR) is 75.0 cm³/mol. The molecule has 0 spiro atoms. The number of hydrogen-bond donors (Lipinski definition) is 1. The van der Waals surface area contributed by atoms with E-state index in [-0.39, 0.29) is 0 Å². The Balaban J connectivity index is 1.57. The maximum Gasteiger partial charge on any atom is 0.0706 e. The summed E-state index contributed by atoms with van der Waals surface area (Å²) in [7, 11) is 0. The van der Waals surface area contributed by atoms with Gasteiger partial charge in [0.1, 0.15) is 0 Å². The molecule has 0 radical (unpaired) electrons. The van der Waals surface area contributed by atoms with E-state index in [1.54, 1.807) is 0 Å². The van der Waals surface area contributed by atoms with Gasteiger partial charge >= 0.3 is 0 Å². The van der Waals surface area contributed by atoms with Crippen LogP contribution in [-0.2, 0) is 11.3 Å². The molecule has 102 valence electrons. The molecule has 1 aliphatic rings. The number of nitrogens with zero attached hydrogens (tertiary/aromatic N) is 2. The van der Waals surface area contributed by atoms with Gasteiger partial charge in [0.05, 0.1) is 17.8 Å². The molecule has 0 aliphatic carbocycles. The summed E-state index contributed by atoms with van der Waals surface area (Å²) in [5, 5.41) is 7.91. The van der Waals surface area contributed by atoms with Crippen molar-refractivity contribution in [2.45, 2.75) is 32.4 Å². The van der Waals surface area contributed by atoms with E-state index in [0.29, 0.717) is 12.0 Å². The largest absolute Gasteiger partial charge is 0.378 e. The fourth-order valence-electron chi connectivity index (χ4n) is 2.89. The van der Waals surface area contributed by atoms with Crippen LogP contribution >= 0.6 is 0 Å². The van der Waals surface area contributed by atoms with E-state index in [9.17, 15) is 0 Å². The zero-order valence-electron chi connectivity index (χ0n) is 11.4. The maximum atomic E-state index is 5.72. The standard InChI is InChI=1S/C15H21N3O/c1-2-15-12(6-8-19-15)9-16-10-13-11-17-18-7-4-3-5-14(13)18/h3-5,7,11-12,15-16H,2,6,8-10H2,1H3. The SMILES string of the molecule is CCC1OCCC1CNCc1cnn2ccccc12. The molecular weight excluding hydrogens is 238 g/mol. The first-order valence-electron chi connectivity index (χ1n) is 7.12. The fraction of sp³-hybridized carbons (Fsp3) is 0.533. The molecule has 2 aromatic heterocycles. The Morgan fingerprint density at radius 1 is 1.47 bits per heavy atom. The number of rotatable bonds is 5. The molecular formula is C15H21N3O. The molecule has 1 aliphatic heterocycles. The van der Waals surface area contributed by atoms with Gasteiger partial charge in [-0.05, 0) is 30.9 Å². The molecule has 3 heterocycles. The quantitative estimate of drug-likeness (QED) is 0.895. The first-order valence-corrected chi connectivity index (χ1v) is 7.12. The zero-order chi connectivity index (χ0) is 13.1.